The third kappa shape index (κ3) is 5.26. The zero-order valence-corrected chi connectivity index (χ0v) is 36.0. The molecule has 6 nitrogen and oxygen atoms in total. The van der Waals surface area contributed by atoms with Crippen LogP contribution in [0.2, 0.25) is 0 Å². The predicted molar refractivity (Wildman–Crippen MR) is 263 cm³/mol. The van der Waals surface area contributed by atoms with Crippen molar-refractivity contribution in [2.75, 3.05) is 0 Å². The number of aryl methyl sites for hydroxylation is 7. The first-order chi connectivity index (χ1) is 31.5. The quantitative estimate of drug-likeness (QED) is 0.178. The highest BCUT2D eigenvalue weighted by Crippen LogP contribution is 2.51. The molecule has 4 aliphatic carbocycles. The minimum absolute atomic E-state index is 0.363. The summed E-state index contributed by atoms with van der Waals surface area (Å²) in [6.45, 7) is 4.33. The van der Waals surface area contributed by atoms with E-state index >= 15 is 0 Å². The van der Waals surface area contributed by atoms with E-state index in [1.807, 2.05) is 12.4 Å². The van der Waals surface area contributed by atoms with E-state index in [-0.39, 0.29) is 0 Å². The SMILES string of the molecule is Cc1ccnc(-n2c3ccc(C4=CCC5C=CC=CC5=N4)cc3c3cc4c5c(c32)CCc2cc3c6cc(-c7ccc8c(n7)C=CCC8)ccc6n(-c6cc(C)ccn6)c3c(c2-5)CC4)c1. The topological polar surface area (TPSA) is 60.9 Å². The van der Waals surface area contributed by atoms with Gasteiger partial charge in [-0.25, -0.2) is 15.0 Å². The molecule has 306 valence electrons. The van der Waals surface area contributed by atoms with Crippen molar-refractivity contribution < 1.29 is 0 Å². The minimum Gasteiger partial charge on any atom is -0.293 e. The molecule has 64 heavy (non-hydrogen) atoms. The van der Waals surface area contributed by atoms with Gasteiger partial charge in [0.1, 0.15) is 11.6 Å². The lowest BCUT2D eigenvalue weighted by Crippen LogP contribution is -2.16. The summed E-state index contributed by atoms with van der Waals surface area (Å²) in [5.74, 6) is 2.29. The molecule has 1 atom stereocenters. The number of benzene rings is 4. The number of fused-ring (bicyclic) bond motifs is 10. The summed E-state index contributed by atoms with van der Waals surface area (Å²) in [6, 6.07) is 32.1. The Morgan fingerprint density at radius 2 is 1.23 bits per heavy atom. The molecular formula is C58H44N6. The zero-order valence-electron chi connectivity index (χ0n) is 36.0. The predicted octanol–water partition coefficient (Wildman–Crippen LogP) is 13.1. The van der Waals surface area contributed by atoms with Crippen LogP contribution in [0.4, 0.5) is 0 Å². The molecule has 0 saturated carbocycles. The van der Waals surface area contributed by atoms with Gasteiger partial charge in [-0.2, -0.15) is 0 Å². The molecule has 6 heteroatoms. The van der Waals surface area contributed by atoms with Crippen LogP contribution in [0.5, 0.6) is 0 Å². The maximum atomic E-state index is 5.19. The average molecular weight is 825 g/mol. The van der Waals surface area contributed by atoms with Crippen LogP contribution < -0.4 is 0 Å². The lowest BCUT2D eigenvalue weighted by Gasteiger charge is -2.31. The van der Waals surface area contributed by atoms with Crippen molar-refractivity contribution in [2.45, 2.75) is 58.8 Å². The highest BCUT2D eigenvalue weighted by molar-refractivity contribution is 6.17. The number of aromatic nitrogens is 5. The Morgan fingerprint density at radius 1 is 0.578 bits per heavy atom. The molecule has 5 aliphatic rings. The number of aliphatic imine (C=N–C) groups is 1. The van der Waals surface area contributed by atoms with Gasteiger partial charge in [0, 0.05) is 56.7 Å². The van der Waals surface area contributed by atoms with E-state index in [0.717, 1.165) is 84.9 Å². The van der Waals surface area contributed by atoms with Gasteiger partial charge in [0.05, 0.1) is 39.2 Å². The molecule has 1 aliphatic heterocycles. The third-order valence-corrected chi connectivity index (χ3v) is 14.6. The number of pyridine rings is 3. The molecule has 5 aromatic heterocycles. The van der Waals surface area contributed by atoms with E-state index in [4.69, 9.17) is 19.9 Å². The Labute approximate surface area is 371 Å². The smallest absolute Gasteiger partial charge is 0.137 e. The van der Waals surface area contributed by atoms with Gasteiger partial charge in [-0.1, -0.05) is 48.6 Å². The standard InChI is InChI=1S/C58H44N6/c1-33-23-25-59-53(27-33)63-51-21-15-37(49-19-13-35-7-3-5-9-47(35)61-49)29-43(51)45-31-39-12-18-42-56-40(11-17-41(55(39)56)57(45)63)32-46-44-30-38(50-20-14-36-8-4-6-10-48(36)62-50)16-22-52(44)64(58(42)46)54-28-34(2)24-26-60-54/h3,5-7,9-10,14-16,19-32,35H,4,8,11-13,17-18H2,1-2H3. The van der Waals surface area contributed by atoms with Gasteiger partial charge in [0.25, 0.3) is 0 Å². The molecule has 0 N–H and O–H groups in total. The molecule has 14 rings (SSSR count). The molecule has 1 unspecified atom stereocenters. The van der Waals surface area contributed by atoms with Gasteiger partial charge < -0.3 is 0 Å². The number of allylic oxidation sites excluding steroid dienone is 6. The van der Waals surface area contributed by atoms with E-state index in [1.165, 1.54) is 99.2 Å². The van der Waals surface area contributed by atoms with Crippen molar-refractivity contribution >= 4 is 61.1 Å². The van der Waals surface area contributed by atoms with Gasteiger partial charge in [-0.15, -0.1) is 0 Å². The normalized spacial score (nSPS) is 16.9. The van der Waals surface area contributed by atoms with Crippen LogP contribution in [-0.2, 0) is 32.1 Å². The first-order valence-corrected chi connectivity index (χ1v) is 23.0. The van der Waals surface area contributed by atoms with Crippen LogP contribution in [0.25, 0.3) is 89.4 Å². The summed E-state index contributed by atoms with van der Waals surface area (Å²) < 4.78 is 4.92. The highest BCUT2D eigenvalue weighted by atomic mass is 15.1. The van der Waals surface area contributed by atoms with Crippen molar-refractivity contribution in [1.29, 1.82) is 0 Å². The van der Waals surface area contributed by atoms with Crippen LogP contribution in [-0.4, -0.2) is 29.8 Å². The number of hydrogen-bond donors (Lipinski definition) is 0. The second-order valence-electron chi connectivity index (χ2n) is 18.5. The summed E-state index contributed by atoms with van der Waals surface area (Å²) in [5, 5.41) is 5.12. The van der Waals surface area contributed by atoms with Crippen LogP contribution in [0.3, 0.4) is 0 Å². The molecular weight excluding hydrogens is 781 g/mol. The summed E-state index contributed by atoms with van der Waals surface area (Å²) in [7, 11) is 0. The van der Waals surface area contributed by atoms with Gasteiger partial charge in [0.2, 0.25) is 0 Å². The van der Waals surface area contributed by atoms with Gasteiger partial charge in [-0.05, 0) is 188 Å². The van der Waals surface area contributed by atoms with Crippen molar-refractivity contribution in [3.05, 3.63) is 184 Å². The Kier molecular flexibility index (Phi) is 7.63. The number of nitrogens with zero attached hydrogens (tertiary/aromatic N) is 6. The maximum Gasteiger partial charge on any atom is 0.137 e. The minimum atomic E-state index is 0.363. The van der Waals surface area contributed by atoms with Gasteiger partial charge in [0.15, 0.2) is 0 Å². The summed E-state index contributed by atoms with van der Waals surface area (Å²) in [6.07, 6.45) is 26.3. The third-order valence-electron chi connectivity index (χ3n) is 14.6. The van der Waals surface area contributed by atoms with Crippen LogP contribution in [0.1, 0.15) is 63.0 Å². The van der Waals surface area contributed by atoms with Crippen molar-refractivity contribution in [1.82, 2.24) is 24.1 Å². The summed E-state index contributed by atoms with van der Waals surface area (Å²) in [5.41, 5.74) is 23.9. The summed E-state index contributed by atoms with van der Waals surface area (Å²) in [4.78, 5) is 20.5. The van der Waals surface area contributed by atoms with E-state index in [1.54, 1.807) is 0 Å². The zero-order chi connectivity index (χ0) is 42.2. The number of hydrogen-bond acceptors (Lipinski definition) is 4. The van der Waals surface area contributed by atoms with Gasteiger partial charge >= 0.3 is 0 Å². The molecule has 0 spiro atoms. The van der Waals surface area contributed by atoms with Gasteiger partial charge in [-0.3, -0.25) is 14.1 Å². The van der Waals surface area contributed by atoms with Crippen LogP contribution >= 0.6 is 0 Å². The monoisotopic (exact) mass is 824 g/mol. The Morgan fingerprint density at radius 3 is 1.91 bits per heavy atom. The van der Waals surface area contributed by atoms with Crippen LogP contribution in [0.15, 0.2) is 139 Å². The molecule has 9 aromatic rings. The maximum absolute atomic E-state index is 5.19. The Bertz CT molecular complexity index is 3730. The molecule has 0 saturated heterocycles. The Balaban J connectivity index is 1.02. The summed E-state index contributed by atoms with van der Waals surface area (Å²) >= 11 is 0. The van der Waals surface area contributed by atoms with E-state index in [2.05, 4.69) is 150 Å². The lowest BCUT2D eigenvalue weighted by atomic mass is 9.74. The largest absolute Gasteiger partial charge is 0.293 e. The fourth-order valence-corrected chi connectivity index (χ4v) is 11.7. The van der Waals surface area contributed by atoms with Crippen molar-refractivity contribution in [3.8, 4) is 34.0 Å². The first-order valence-electron chi connectivity index (χ1n) is 23.0. The fraction of sp³-hybridized carbons (Fsp3) is 0.172. The molecule has 6 heterocycles. The second-order valence-corrected chi connectivity index (χ2v) is 18.5. The molecule has 0 amide bonds. The van der Waals surface area contributed by atoms with E-state index < -0.39 is 0 Å². The Hall–Kier alpha value is -7.44. The number of rotatable bonds is 4. The van der Waals surface area contributed by atoms with Crippen molar-refractivity contribution in [3.63, 3.8) is 0 Å². The fourth-order valence-electron chi connectivity index (χ4n) is 11.7. The van der Waals surface area contributed by atoms with E-state index in [0.29, 0.717) is 5.92 Å². The van der Waals surface area contributed by atoms with Crippen molar-refractivity contribution in [2.24, 2.45) is 10.9 Å². The first kappa shape index (κ1) is 36.1. The molecule has 0 bridgehead atoms. The van der Waals surface area contributed by atoms with Crippen LogP contribution in [0, 0.1) is 19.8 Å². The highest BCUT2D eigenvalue weighted by Gasteiger charge is 2.33. The molecule has 0 radical (unpaired) electrons. The molecule has 0 fully saturated rings. The lowest BCUT2D eigenvalue weighted by molar-refractivity contribution is 0.866. The van der Waals surface area contributed by atoms with E-state index in [9.17, 15) is 0 Å². The molecule has 4 aromatic carbocycles. The second kappa shape index (κ2) is 13.5. The average Bonchev–Trinajstić information content (AvgIpc) is 3.84.